The van der Waals surface area contributed by atoms with Gasteiger partial charge in [-0.25, -0.2) is 17.8 Å². The van der Waals surface area contributed by atoms with Gasteiger partial charge < -0.3 is 0 Å². The van der Waals surface area contributed by atoms with Gasteiger partial charge in [0.2, 0.25) is 0 Å². The summed E-state index contributed by atoms with van der Waals surface area (Å²) in [5.41, 5.74) is 2.54. The first kappa shape index (κ1) is 16.8. The minimum absolute atomic E-state index is 0.287. The molecule has 0 aliphatic carbocycles. The Bertz CT molecular complexity index is 959. The fraction of sp³-hybridized carbons (Fsp3) is 0.167. The van der Waals surface area contributed by atoms with Gasteiger partial charge in [0.25, 0.3) is 0 Å². The van der Waals surface area contributed by atoms with Crippen molar-refractivity contribution < 1.29 is 12.8 Å². The van der Waals surface area contributed by atoms with Crippen LogP contribution in [0.1, 0.15) is 11.9 Å². The Morgan fingerprint density at radius 3 is 2.12 bits per heavy atom. The van der Waals surface area contributed by atoms with Crippen LogP contribution in [-0.4, -0.2) is 19.7 Å². The summed E-state index contributed by atoms with van der Waals surface area (Å²) in [6, 6.07) is 13.0. The van der Waals surface area contributed by atoms with E-state index in [-0.39, 0.29) is 10.7 Å². The predicted octanol–water partition coefficient (Wildman–Crippen LogP) is 4.58. The Hall–Kier alpha value is -2.05. The quantitative estimate of drug-likeness (QED) is 0.683. The lowest BCUT2D eigenvalue weighted by atomic mass is 10.1. The number of rotatable bonds is 4. The fourth-order valence-corrected chi connectivity index (χ4v) is 4.03. The lowest BCUT2D eigenvalue weighted by molar-refractivity contribution is 0.602. The van der Waals surface area contributed by atoms with Gasteiger partial charge in [-0.2, -0.15) is 0 Å². The number of aromatic nitrogens is 1. The molecule has 1 heterocycles. The Labute approximate surface area is 144 Å². The van der Waals surface area contributed by atoms with Gasteiger partial charge in [0.05, 0.1) is 20.5 Å². The van der Waals surface area contributed by atoms with E-state index in [0.717, 1.165) is 33.1 Å². The number of nitrogens with zero attached hydrogens (tertiary/aromatic N) is 1. The third-order valence-corrected chi connectivity index (χ3v) is 6.01. The lowest BCUT2D eigenvalue weighted by Gasteiger charge is -2.04. The first-order valence-electron chi connectivity index (χ1n) is 7.44. The van der Waals surface area contributed by atoms with Crippen molar-refractivity contribution in [1.82, 2.24) is 4.98 Å². The van der Waals surface area contributed by atoms with E-state index in [4.69, 9.17) is 0 Å². The molecule has 24 heavy (non-hydrogen) atoms. The molecule has 0 unspecified atom stereocenters. The molecule has 0 fully saturated rings. The fourth-order valence-electron chi connectivity index (χ4n) is 2.37. The van der Waals surface area contributed by atoms with Crippen molar-refractivity contribution in [2.75, 3.05) is 6.26 Å². The third-order valence-electron chi connectivity index (χ3n) is 3.64. The van der Waals surface area contributed by atoms with E-state index in [1.54, 1.807) is 47.7 Å². The second-order valence-corrected chi connectivity index (χ2v) is 8.54. The zero-order valence-electron chi connectivity index (χ0n) is 13.3. The molecule has 3 rings (SSSR count). The second kappa shape index (κ2) is 6.45. The maximum absolute atomic E-state index is 13.2. The summed E-state index contributed by atoms with van der Waals surface area (Å²) >= 11 is 1.57. The van der Waals surface area contributed by atoms with Crippen molar-refractivity contribution in [3.8, 4) is 21.7 Å². The molecule has 0 aliphatic rings. The highest BCUT2D eigenvalue weighted by Gasteiger charge is 2.15. The van der Waals surface area contributed by atoms with Gasteiger partial charge >= 0.3 is 0 Å². The van der Waals surface area contributed by atoms with Gasteiger partial charge in [0, 0.05) is 11.8 Å². The molecule has 0 aliphatic heterocycles. The number of halogens is 1. The predicted molar refractivity (Wildman–Crippen MR) is 95.4 cm³/mol. The van der Waals surface area contributed by atoms with E-state index in [2.05, 4.69) is 4.98 Å². The largest absolute Gasteiger partial charge is 0.241 e. The average molecular weight is 361 g/mol. The first-order chi connectivity index (χ1) is 11.4. The minimum atomic E-state index is -3.22. The number of hydrogen-bond acceptors (Lipinski definition) is 4. The number of benzene rings is 2. The normalized spacial score (nSPS) is 11.6. The van der Waals surface area contributed by atoms with Gasteiger partial charge in [0.15, 0.2) is 9.84 Å². The van der Waals surface area contributed by atoms with Crippen molar-refractivity contribution in [2.45, 2.75) is 18.2 Å². The summed E-state index contributed by atoms with van der Waals surface area (Å²) < 4.78 is 36.4. The molecule has 0 N–H and O–H groups in total. The Morgan fingerprint density at radius 1 is 1.00 bits per heavy atom. The molecule has 0 atom stereocenters. The van der Waals surface area contributed by atoms with Crippen molar-refractivity contribution in [1.29, 1.82) is 0 Å². The summed E-state index contributed by atoms with van der Waals surface area (Å²) in [5.74, 6) is -0.288. The van der Waals surface area contributed by atoms with E-state index in [0.29, 0.717) is 0 Å². The van der Waals surface area contributed by atoms with Crippen LogP contribution in [0.2, 0.25) is 0 Å². The Balaban J connectivity index is 2.10. The van der Waals surface area contributed by atoms with E-state index >= 15 is 0 Å². The molecule has 3 nitrogen and oxygen atoms in total. The van der Waals surface area contributed by atoms with Crippen molar-refractivity contribution in [2.24, 2.45) is 0 Å². The van der Waals surface area contributed by atoms with Crippen LogP contribution in [0.15, 0.2) is 53.4 Å². The topological polar surface area (TPSA) is 47.0 Å². The zero-order valence-corrected chi connectivity index (χ0v) is 14.9. The molecule has 1 aromatic heterocycles. The highest BCUT2D eigenvalue weighted by molar-refractivity contribution is 7.90. The Kier molecular flexibility index (Phi) is 4.51. The number of aryl methyl sites for hydroxylation is 1. The van der Waals surface area contributed by atoms with E-state index in [1.807, 2.05) is 6.92 Å². The smallest absolute Gasteiger partial charge is 0.175 e. The SMILES string of the molecule is CCc1nc(-c2ccc(F)cc2)c(-c2ccc(S(C)(=O)=O)cc2)s1. The summed E-state index contributed by atoms with van der Waals surface area (Å²) in [6.45, 7) is 2.03. The number of sulfone groups is 1. The molecule has 124 valence electrons. The van der Waals surface area contributed by atoms with Gasteiger partial charge in [0.1, 0.15) is 5.82 Å². The molecule has 0 amide bonds. The molecule has 6 heteroatoms. The molecule has 0 saturated heterocycles. The maximum Gasteiger partial charge on any atom is 0.175 e. The van der Waals surface area contributed by atoms with Gasteiger partial charge in [-0.3, -0.25) is 0 Å². The van der Waals surface area contributed by atoms with Crippen LogP contribution in [0, 0.1) is 5.82 Å². The van der Waals surface area contributed by atoms with Crippen LogP contribution < -0.4 is 0 Å². The summed E-state index contributed by atoms with van der Waals surface area (Å²) in [7, 11) is -3.22. The average Bonchev–Trinajstić information content (AvgIpc) is 2.99. The molecule has 0 saturated carbocycles. The molecule has 0 radical (unpaired) electrons. The van der Waals surface area contributed by atoms with E-state index in [9.17, 15) is 12.8 Å². The number of thiazole rings is 1. The van der Waals surface area contributed by atoms with E-state index < -0.39 is 9.84 Å². The number of hydrogen-bond donors (Lipinski definition) is 0. The monoisotopic (exact) mass is 361 g/mol. The van der Waals surface area contributed by atoms with Gasteiger partial charge in [-0.05, 0) is 48.4 Å². The molecule has 3 aromatic rings. The third kappa shape index (κ3) is 3.39. The van der Waals surface area contributed by atoms with Crippen LogP contribution in [0.5, 0.6) is 0 Å². The summed E-state index contributed by atoms with van der Waals surface area (Å²) in [5, 5.41) is 0.983. The summed E-state index contributed by atoms with van der Waals surface area (Å²) in [6.07, 6.45) is 1.99. The standard InChI is InChI=1S/C18H16FNO2S2/c1-3-16-20-17(12-4-8-14(19)9-5-12)18(23-16)13-6-10-15(11-7-13)24(2,21)22/h4-11H,3H2,1-2H3. The minimum Gasteiger partial charge on any atom is -0.241 e. The second-order valence-electron chi connectivity index (χ2n) is 5.44. The molecule has 0 spiro atoms. The lowest BCUT2D eigenvalue weighted by Crippen LogP contribution is -1.96. The van der Waals surface area contributed by atoms with Crippen LogP contribution in [0.3, 0.4) is 0 Å². The highest BCUT2D eigenvalue weighted by atomic mass is 32.2. The molecule has 2 aromatic carbocycles. The van der Waals surface area contributed by atoms with Crippen molar-refractivity contribution >= 4 is 21.2 Å². The van der Waals surface area contributed by atoms with Crippen molar-refractivity contribution in [3.05, 3.63) is 59.4 Å². The van der Waals surface area contributed by atoms with Gasteiger partial charge in [-0.1, -0.05) is 19.1 Å². The highest BCUT2D eigenvalue weighted by Crippen LogP contribution is 2.37. The molecular weight excluding hydrogens is 345 g/mol. The summed E-state index contributed by atoms with van der Waals surface area (Å²) in [4.78, 5) is 5.90. The van der Waals surface area contributed by atoms with Crippen LogP contribution in [0.4, 0.5) is 4.39 Å². The van der Waals surface area contributed by atoms with Crippen molar-refractivity contribution in [3.63, 3.8) is 0 Å². The van der Waals surface area contributed by atoms with Crippen LogP contribution in [-0.2, 0) is 16.3 Å². The van der Waals surface area contributed by atoms with Crippen LogP contribution >= 0.6 is 11.3 Å². The Morgan fingerprint density at radius 2 is 1.58 bits per heavy atom. The maximum atomic E-state index is 13.2. The zero-order chi connectivity index (χ0) is 17.3. The van der Waals surface area contributed by atoms with Gasteiger partial charge in [-0.15, -0.1) is 11.3 Å². The van der Waals surface area contributed by atoms with Crippen LogP contribution in [0.25, 0.3) is 21.7 Å². The first-order valence-corrected chi connectivity index (χ1v) is 10.2. The molecular formula is C18H16FNO2S2. The molecule has 0 bridgehead atoms. The van der Waals surface area contributed by atoms with E-state index in [1.165, 1.54) is 18.4 Å².